The molecule has 0 heterocycles. The van der Waals surface area contributed by atoms with Crippen LogP contribution in [-0.4, -0.2) is 39.6 Å². The number of aldehydes is 1. The first kappa shape index (κ1) is 11.5. The number of carbonyl (C=O) groups is 1. The second-order valence-electron chi connectivity index (χ2n) is 1.96. The van der Waals surface area contributed by atoms with Crippen LogP contribution in [0.25, 0.3) is 0 Å². The molecular formula is C7H15NO4. The number of rotatable bonds is 9. The van der Waals surface area contributed by atoms with Gasteiger partial charge in [-0.1, -0.05) is 0 Å². The fraction of sp³-hybridized carbons (Fsp3) is 0.857. The van der Waals surface area contributed by atoms with Gasteiger partial charge in [0.15, 0.2) is 0 Å². The summed E-state index contributed by atoms with van der Waals surface area (Å²) in [4.78, 5) is 9.82. The van der Waals surface area contributed by atoms with Crippen LogP contribution in [0.2, 0.25) is 0 Å². The predicted molar refractivity (Wildman–Crippen MR) is 42.5 cm³/mol. The third kappa shape index (κ3) is 9.51. The zero-order valence-corrected chi connectivity index (χ0v) is 7.03. The maximum absolute atomic E-state index is 9.82. The first-order valence-corrected chi connectivity index (χ1v) is 3.78. The minimum absolute atomic E-state index is 0.196. The third-order valence-corrected chi connectivity index (χ3v) is 1.04. The van der Waals surface area contributed by atoms with E-state index in [9.17, 15) is 4.79 Å². The van der Waals surface area contributed by atoms with Gasteiger partial charge in [-0.3, -0.25) is 0 Å². The lowest BCUT2D eigenvalue weighted by atomic mass is 10.5. The Morgan fingerprint density at radius 1 is 1.08 bits per heavy atom. The van der Waals surface area contributed by atoms with Gasteiger partial charge in [-0.05, 0) is 0 Å². The molecule has 12 heavy (non-hydrogen) atoms. The first-order valence-electron chi connectivity index (χ1n) is 3.78. The molecule has 0 atom stereocenters. The molecule has 0 saturated carbocycles. The molecule has 0 fully saturated rings. The second kappa shape index (κ2) is 10.5. The Morgan fingerprint density at radius 2 is 1.75 bits per heavy atom. The van der Waals surface area contributed by atoms with Crippen LogP contribution in [0.15, 0.2) is 0 Å². The fourth-order valence-electron chi connectivity index (χ4n) is 0.509. The van der Waals surface area contributed by atoms with Crippen molar-refractivity contribution in [2.24, 2.45) is 5.73 Å². The van der Waals surface area contributed by atoms with Crippen LogP contribution in [0.4, 0.5) is 0 Å². The van der Waals surface area contributed by atoms with Crippen LogP contribution in [0.5, 0.6) is 0 Å². The number of hydrogen-bond acceptors (Lipinski definition) is 5. The van der Waals surface area contributed by atoms with Gasteiger partial charge in [0.2, 0.25) is 0 Å². The Hall–Kier alpha value is -0.490. The summed E-state index contributed by atoms with van der Waals surface area (Å²) in [6, 6.07) is 0. The molecule has 0 spiro atoms. The average molecular weight is 177 g/mol. The fourth-order valence-corrected chi connectivity index (χ4v) is 0.509. The van der Waals surface area contributed by atoms with Crippen molar-refractivity contribution in [1.82, 2.24) is 0 Å². The van der Waals surface area contributed by atoms with Gasteiger partial charge < -0.3 is 24.7 Å². The van der Waals surface area contributed by atoms with E-state index in [0.717, 1.165) is 6.29 Å². The Morgan fingerprint density at radius 3 is 2.42 bits per heavy atom. The molecule has 0 aliphatic heterocycles. The van der Waals surface area contributed by atoms with Crippen LogP contribution < -0.4 is 5.73 Å². The molecule has 0 aromatic carbocycles. The van der Waals surface area contributed by atoms with Crippen molar-refractivity contribution in [3.05, 3.63) is 0 Å². The molecule has 0 saturated heterocycles. The standard InChI is InChI=1S/C7H15NO4/c8-6-10-4-5-12-7-11-3-1-2-9/h2H,1,3-8H2. The Labute approximate surface area is 71.8 Å². The van der Waals surface area contributed by atoms with E-state index in [2.05, 4.69) is 0 Å². The van der Waals surface area contributed by atoms with Gasteiger partial charge in [0.05, 0.1) is 26.6 Å². The zero-order valence-electron chi connectivity index (χ0n) is 7.03. The maximum atomic E-state index is 9.82. The minimum Gasteiger partial charge on any atom is -0.364 e. The normalized spacial score (nSPS) is 10.1. The van der Waals surface area contributed by atoms with Crippen molar-refractivity contribution in [1.29, 1.82) is 0 Å². The predicted octanol–water partition coefficient (Wildman–Crippen LogP) is -0.501. The van der Waals surface area contributed by atoms with Gasteiger partial charge in [-0.15, -0.1) is 0 Å². The molecule has 0 amide bonds. The summed E-state index contributed by atoms with van der Waals surface area (Å²) in [6.45, 7) is 1.73. The number of hydrogen-bond donors (Lipinski definition) is 1. The number of nitrogens with two attached hydrogens (primary N) is 1. The molecule has 0 rings (SSSR count). The topological polar surface area (TPSA) is 70.8 Å². The summed E-state index contributed by atoms with van der Waals surface area (Å²) in [6.07, 6.45) is 1.21. The molecular weight excluding hydrogens is 162 g/mol. The monoisotopic (exact) mass is 177 g/mol. The molecule has 5 heteroatoms. The summed E-state index contributed by atoms with van der Waals surface area (Å²) < 4.78 is 14.7. The summed E-state index contributed by atoms with van der Waals surface area (Å²) in [5.41, 5.74) is 5.06. The van der Waals surface area contributed by atoms with Crippen molar-refractivity contribution in [3.63, 3.8) is 0 Å². The summed E-state index contributed by atoms with van der Waals surface area (Å²) >= 11 is 0. The number of ether oxygens (including phenoxy) is 3. The van der Waals surface area contributed by atoms with E-state index >= 15 is 0 Å². The van der Waals surface area contributed by atoms with Gasteiger partial charge in [-0.2, -0.15) is 0 Å². The molecule has 0 aromatic rings. The van der Waals surface area contributed by atoms with Crippen LogP contribution in [0, 0.1) is 0 Å². The van der Waals surface area contributed by atoms with E-state index < -0.39 is 0 Å². The molecule has 0 aromatic heterocycles. The van der Waals surface area contributed by atoms with Gasteiger partial charge in [0.1, 0.15) is 13.1 Å². The Bertz CT molecular complexity index is 99.4. The van der Waals surface area contributed by atoms with Crippen LogP contribution in [0.3, 0.4) is 0 Å². The van der Waals surface area contributed by atoms with E-state index in [1.807, 2.05) is 0 Å². The van der Waals surface area contributed by atoms with E-state index in [0.29, 0.717) is 26.2 Å². The molecule has 72 valence electrons. The molecule has 0 aliphatic carbocycles. The highest BCUT2D eigenvalue weighted by atomic mass is 16.7. The van der Waals surface area contributed by atoms with Crippen molar-refractivity contribution in [2.45, 2.75) is 6.42 Å². The second-order valence-corrected chi connectivity index (χ2v) is 1.96. The van der Waals surface area contributed by atoms with E-state index in [1.165, 1.54) is 0 Å². The molecule has 2 N–H and O–H groups in total. The van der Waals surface area contributed by atoms with E-state index in [4.69, 9.17) is 19.9 Å². The summed E-state index contributed by atoms with van der Waals surface area (Å²) in [5, 5.41) is 0. The first-order chi connectivity index (χ1) is 5.91. The van der Waals surface area contributed by atoms with Gasteiger partial charge in [-0.25, -0.2) is 0 Å². The van der Waals surface area contributed by atoms with Crippen molar-refractivity contribution in [3.8, 4) is 0 Å². The van der Waals surface area contributed by atoms with Crippen molar-refractivity contribution >= 4 is 6.29 Å². The lowest BCUT2D eigenvalue weighted by molar-refractivity contribution is -0.111. The SMILES string of the molecule is NCOCCOCOCCC=O. The van der Waals surface area contributed by atoms with Crippen LogP contribution in [0.1, 0.15) is 6.42 Å². The minimum atomic E-state index is 0.196. The molecule has 0 radical (unpaired) electrons. The van der Waals surface area contributed by atoms with Gasteiger partial charge in [0, 0.05) is 6.42 Å². The molecule has 0 bridgehead atoms. The summed E-state index contributed by atoms with van der Waals surface area (Å²) in [5.74, 6) is 0. The van der Waals surface area contributed by atoms with E-state index in [1.54, 1.807) is 0 Å². The average Bonchev–Trinajstić information content (AvgIpc) is 2.10. The largest absolute Gasteiger partial charge is 0.364 e. The van der Waals surface area contributed by atoms with Crippen LogP contribution >= 0.6 is 0 Å². The lowest BCUT2D eigenvalue weighted by Gasteiger charge is -2.03. The molecule has 0 aliphatic rings. The summed E-state index contributed by atoms with van der Waals surface area (Å²) in [7, 11) is 0. The molecule has 0 unspecified atom stereocenters. The van der Waals surface area contributed by atoms with Crippen molar-refractivity contribution in [2.75, 3.05) is 33.3 Å². The highest BCUT2D eigenvalue weighted by Crippen LogP contribution is 1.81. The highest BCUT2D eigenvalue weighted by Gasteiger charge is 1.88. The van der Waals surface area contributed by atoms with Crippen LogP contribution in [-0.2, 0) is 19.0 Å². The quantitative estimate of drug-likeness (QED) is 0.292. The highest BCUT2D eigenvalue weighted by molar-refractivity contribution is 5.49. The van der Waals surface area contributed by atoms with E-state index in [-0.39, 0.29) is 13.5 Å². The molecule has 5 nitrogen and oxygen atoms in total. The number of carbonyl (C=O) groups excluding carboxylic acids is 1. The maximum Gasteiger partial charge on any atom is 0.146 e. The Balaban J connectivity index is 2.77. The zero-order chi connectivity index (χ0) is 9.07. The lowest BCUT2D eigenvalue weighted by Crippen LogP contribution is -2.11. The van der Waals surface area contributed by atoms with Crippen molar-refractivity contribution < 1.29 is 19.0 Å². The van der Waals surface area contributed by atoms with Gasteiger partial charge in [0.25, 0.3) is 0 Å². The van der Waals surface area contributed by atoms with Gasteiger partial charge >= 0.3 is 0 Å². The smallest absolute Gasteiger partial charge is 0.146 e. The third-order valence-electron chi connectivity index (χ3n) is 1.04. The Kier molecular flexibility index (Phi) is 10.1.